The lowest BCUT2D eigenvalue weighted by Gasteiger charge is -2.11. The van der Waals surface area contributed by atoms with Crippen LogP contribution in [-0.4, -0.2) is 63.8 Å². The number of ketones is 1. The van der Waals surface area contributed by atoms with Crippen LogP contribution in [0.25, 0.3) is 0 Å². The van der Waals surface area contributed by atoms with E-state index in [2.05, 4.69) is 15.2 Å². The van der Waals surface area contributed by atoms with Crippen molar-refractivity contribution in [3.05, 3.63) is 28.3 Å². The number of carbonyl (C=O) groups excluding carboxylic acids is 2. The summed E-state index contributed by atoms with van der Waals surface area (Å²) in [6, 6.07) is 0. The minimum Gasteiger partial charge on any atom is -0.465 e. The zero-order valence-corrected chi connectivity index (χ0v) is 19.3. The molecule has 0 amide bonds. The molecule has 3 heterocycles. The second kappa shape index (κ2) is 8.54. The number of hydrogen-bond acceptors (Lipinski definition) is 8. The normalized spacial score (nSPS) is 19.0. The van der Waals surface area contributed by atoms with E-state index in [1.165, 1.54) is 18.9 Å². The van der Waals surface area contributed by atoms with E-state index in [0.717, 1.165) is 0 Å². The van der Waals surface area contributed by atoms with Crippen LogP contribution in [-0.2, 0) is 28.0 Å². The van der Waals surface area contributed by atoms with Crippen LogP contribution in [0.2, 0.25) is 0 Å². The minimum absolute atomic E-state index is 0.0519. The zero-order chi connectivity index (χ0) is 22.2. The Morgan fingerprint density at radius 1 is 1.33 bits per heavy atom. The molecular formula is C19H26N4O5S2. The summed E-state index contributed by atoms with van der Waals surface area (Å²) in [5, 5.41) is 8.51. The molecule has 0 spiro atoms. The SMILES string of the molecule is COC(=O)c1c(C)[nH]c(C(=O)[C@H](C)Sc2nnc(C[C@@H]3CCS(=O)(=O)C3)n2C)c1C. The van der Waals surface area contributed by atoms with Crippen molar-refractivity contribution < 1.29 is 22.7 Å². The largest absolute Gasteiger partial charge is 0.465 e. The lowest BCUT2D eigenvalue weighted by molar-refractivity contribution is 0.0599. The summed E-state index contributed by atoms with van der Waals surface area (Å²) in [4.78, 5) is 28.0. The Balaban J connectivity index is 1.72. The van der Waals surface area contributed by atoms with Gasteiger partial charge in [-0.25, -0.2) is 13.2 Å². The Bertz CT molecular complexity index is 1090. The molecule has 2 atom stereocenters. The first-order valence-electron chi connectivity index (χ1n) is 9.61. The minimum atomic E-state index is -2.94. The quantitative estimate of drug-likeness (QED) is 0.382. The van der Waals surface area contributed by atoms with Gasteiger partial charge in [0.1, 0.15) is 5.82 Å². The number of sulfone groups is 1. The van der Waals surface area contributed by atoms with E-state index in [-0.39, 0.29) is 23.2 Å². The number of nitrogens with one attached hydrogen (secondary N) is 1. The molecule has 1 N–H and O–H groups in total. The van der Waals surface area contributed by atoms with E-state index >= 15 is 0 Å². The molecule has 1 fully saturated rings. The van der Waals surface area contributed by atoms with Gasteiger partial charge in [-0.2, -0.15) is 0 Å². The summed E-state index contributed by atoms with van der Waals surface area (Å²) in [6.45, 7) is 5.22. The number of H-pyrrole nitrogens is 1. The monoisotopic (exact) mass is 454 g/mol. The Kier molecular flexibility index (Phi) is 6.42. The number of ether oxygens (including phenoxy) is 1. The van der Waals surface area contributed by atoms with Crippen molar-refractivity contribution in [2.45, 2.75) is 44.0 Å². The number of nitrogens with zero attached hydrogens (tertiary/aromatic N) is 3. The van der Waals surface area contributed by atoms with Gasteiger partial charge < -0.3 is 14.3 Å². The molecule has 1 aliphatic heterocycles. The van der Waals surface area contributed by atoms with E-state index in [1.54, 1.807) is 20.8 Å². The van der Waals surface area contributed by atoms with Crippen LogP contribution in [0.4, 0.5) is 0 Å². The Hall–Kier alpha value is -2.14. The Morgan fingerprint density at radius 2 is 2.03 bits per heavy atom. The highest BCUT2D eigenvalue weighted by Crippen LogP contribution is 2.28. The maximum Gasteiger partial charge on any atom is 0.339 e. The van der Waals surface area contributed by atoms with Crippen molar-refractivity contribution in [3.8, 4) is 0 Å². The summed E-state index contributed by atoms with van der Waals surface area (Å²) in [5.41, 5.74) is 1.92. The fraction of sp³-hybridized carbons (Fsp3) is 0.579. The lowest BCUT2D eigenvalue weighted by atomic mass is 10.1. The van der Waals surface area contributed by atoms with E-state index in [9.17, 15) is 18.0 Å². The van der Waals surface area contributed by atoms with Gasteiger partial charge in [0.2, 0.25) is 0 Å². The highest BCUT2D eigenvalue weighted by Gasteiger charge is 2.30. The topological polar surface area (TPSA) is 124 Å². The number of aromatic amines is 1. The Morgan fingerprint density at radius 3 is 2.63 bits per heavy atom. The van der Waals surface area contributed by atoms with E-state index < -0.39 is 21.1 Å². The van der Waals surface area contributed by atoms with Crippen LogP contribution in [0.15, 0.2) is 5.16 Å². The van der Waals surface area contributed by atoms with Crippen molar-refractivity contribution in [2.75, 3.05) is 18.6 Å². The molecule has 164 valence electrons. The standard InChI is InChI=1S/C19H26N4O5S2/c1-10-15(18(25)28-5)11(2)20-16(10)17(24)12(3)29-19-22-21-14(23(19)4)8-13-6-7-30(26,27)9-13/h12-13,20H,6-9H2,1-5H3/t12-,13-/m0/s1. The third-order valence-electron chi connectivity index (χ3n) is 5.45. The second-order valence-corrected chi connectivity index (χ2v) is 11.2. The number of carbonyl (C=O) groups is 2. The summed E-state index contributed by atoms with van der Waals surface area (Å²) < 4.78 is 30.0. The molecule has 9 nitrogen and oxygen atoms in total. The summed E-state index contributed by atoms with van der Waals surface area (Å²) in [5.74, 6) is 0.543. The number of Topliss-reactive ketones (excluding diaryl/α,β-unsaturated/α-hetero) is 1. The van der Waals surface area contributed by atoms with Crippen molar-refractivity contribution in [1.29, 1.82) is 0 Å². The van der Waals surface area contributed by atoms with Gasteiger partial charge in [0.05, 0.1) is 35.1 Å². The lowest BCUT2D eigenvalue weighted by Crippen LogP contribution is -2.16. The van der Waals surface area contributed by atoms with Gasteiger partial charge in [-0.15, -0.1) is 10.2 Å². The number of aromatic nitrogens is 4. The molecule has 0 radical (unpaired) electrons. The number of rotatable bonds is 7. The predicted molar refractivity (Wildman–Crippen MR) is 113 cm³/mol. The van der Waals surface area contributed by atoms with Crippen molar-refractivity contribution in [2.24, 2.45) is 13.0 Å². The van der Waals surface area contributed by atoms with Gasteiger partial charge in [0.25, 0.3) is 0 Å². The number of aryl methyl sites for hydroxylation is 1. The van der Waals surface area contributed by atoms with Crippen LogP contribution in [0.3, 0.4) is 0 Å². The number of methoxy groups -OCH3 is 1. The van der Waals surface area contributed by atoms with Crippen LogP contribution in [0, 0.1) is 19.8 Å². The van der Waals surface area contributed by atoms with Crippen molar-refractivity contribution in [1.82, 2.24) is 19.7 Å². The van der Waals surface area contributed by atoms with E-state index in [0.29, 0.717) is 46.3 Å². The van der Waals surface area contributed by atoms with Crippen molar-refractivity contribution >= 4 is 33.4 Å². The highest BCUT2D eigenvalue weighted by molar-refractivity contribution is 8.00. The van der Waals surface area contributed by atoms with Crippen LogP contribution in [0.5, 0.6) is 0 Å². The van der Waals surface area contributed by atoms with Crippen LogP contribution < -0.4 is 0 Å². The average Bonchev–Trinajstić information content (AvgIpc) is 3.30. The van der Waals surface area contributed by atoms with Crippen LogP contribution in [0.1, 0.15) is 51.3 Å². The number of thioether (sulfide) groups is 1. The number of esters is 1. The molecule has 30 heavy (non-hydrogen) atoms. The van der Waals surface area contributed by atoms with Gasteiger partial charge in [-0.05, 0) is 38.7 Å². The highest BCUT2D eigenvalue weighted by atomic mass is 32.2. The van der Waals surface area contributed by atoms with Gasteiger partial charge in [-0.1, -0.05) is 11.8 Å². The maximum absolute atomic E-state index is 13.0. The molecule has 2 aromatic rings. The summed E-state index contributed by atoms with van der Waals surface area (Å²) in [6.07, 6.45) is 1.18. The molecule has 3 rings (SSSR count). The first-order valence-corrected chi connectivity index (χ1v) is 12.3. The smallest absolute Gasteiger partial charge is 0.339 e. The second-order valence-electron chi connectivity index (χ2n) is 7.67. The molecule has 0 saturated carbocycles. The predicted octanol–water partition coefficient (Wildman–Crippen LogP) is 1.89. The first-order chi connectivity index (χ1) is 14.0. The molecule has 1 saturated heterocycles. The molecule has 0 unspecified atom stereocenters. The van der Waals surface area contributed by atoms with Gasteiger partial charge in [0.15, 0.2) is 20.8 Å². The van der Waals surface area contributed by atoms with E-state index in [4.69, 9.17) is 4.74 Å². The van der Waals surface area contributed by atoms with E-state index in [1.807, 2.05) is 11.6 Å². The third-order valence-corrected chi connectivity index (χ3v) is 8.42. The van der Waals surface area contributed by atoms with Crippen LogP contribution >= 0.6 is 11.8 Å². The van der Waals surface area contributed by atoms with Gasteiger partial charge >= 0.3 is 5.97 Å². The van der Waals surface area contributed by atoms with Crippen molar-refractivity contribution in [3.63, 3.8) is 0 Å². The number of hydrogen-bond donors (Lipinski definition) is 1. The molecule has 11 heteroatoms. The fourth-order valence-electron chi connectivity index (χ4n) is 3.74. The average molecular weight is 455 g/mol. The fourth-order valence-corrected chi connectivity index (χ4v) is 6.49. The zero-order valence-electron chi connectivity index (χ0n) is 17.7. The molecule has 0 aromatic carbocycles. The third kappa shape index (κ3) is 4.46. The summed E-state index contributed by atoms with van der Waals surface area (Å²) in [7, 11) is 0.184. The maximum atomic E-state index is 13.0. The van der Waals surface area contributed by atoms with Gasteiger partial charge in [0, 0.05) is 19.2 Å². The first kappa shape index (κ1) is 22.5. The summed E-state index contributed by atoms with van der Waals surface area (Å²) >= 11 is 1.28. The van der Waals surface area contributed by atoms with Gasteiger partial charge in [-0.3, -0.25) is 4.79 Å². The Labute approximate surface area is 179 Å². The molecular weight excluding hydrogens is 428 g/mol. The molecule has 0 bridgehead atoms. The molecule has 0 aliphatic carbocycles. The molecule has 1 aliphatic rings. The molecule has 2 aromatic heterocycles.